The SMILES string of the molecule is C=O.O.Oc1ccccc1O. The highest BCUT2D eigenvalue weighted by molar-refractivity contribution is 5.36. The lowest BCUT2D eigenvalue weighted by Gasteiger charge is -1.91. The molecule has 0 aromatic heterocycles. The number of carbonyl (C=O) groups is 1. The molecule has 0 spiro atoms. The van der Waals surface area contributed by atoms with E-state index in [1.54, 1.807) is 12.1 Å². The Morgan fingerprint density at radius 2 is 1.27 bits per heavy atom. The van der Waals surface area contributed by atoms with Crippen molar-refractivity contribution >= 4 is 6.79 Å². The van der Waals surface area contributed by atoms with Gasteiger partial charge in [0.05, 0.1) is 0 Å². The predicted octanol–water partition coefficient (Wildman–Crippen LogP) is 0.0882. The largest absolute Gasteiger partial charge is 0.504 e. The van der Waals surface area contributed by atoms with Crippen LogP contribution in [-0.2, 0) is 4.79 Å². The van der Waals surface area contributed by atoms with Gasteiger partial charge in [-0.05, 0) is 12.1 Å². The zero-order valence-electron chi connectivity index (χ0n) is 5.82. The molecule has 4 heteroatoms. The number of benzene rings is 1. The van der Waals surface area contributed by atoms with Crippen LogP contribution >= 0.6 is 0 Å². The van der Waals surface area contributed by atoms with Gasteiger partial charge in [0, 0.05) is 0 Å². The molecule has 1 aromatic carbocycles. The first-order valence-corrected chi connectivity index (χ1v) is 2.56. The van der Waals surface area contributed by atoms with E-state index in [4.69, 9.17) is 15.0 Å². The maximum atomic E-state index is 8.67. The van der Waals surface area contributed by atoms with Gasteiger partial charge in [0.25, 0.3) is 0 Å². The Morgan fingerprint density at radius 3 is 1.45 bits per heavy atom. The Bertz CT molecular complexity index is 178. The summed E-state index contributed by atoms with van der Waals surface area (Å²) in [4.78, 5) is 8.00. The number of hydrogen-bond donors (Lipinski definition) is 2. The van der Waals surface area contributed by atoms with E-state index in [-0.39, 0.29) is 17.0 Å². The molecule has 0 saturated heterocycles. The third-order valence-corrected chi connectivity index (χ3v) is 0.882. The molecule has 4 N–H and O–H groups in total. The minimum Gasteiger partial charge on any atom is -0.504 e. The van der Waals surface area contributed by atoms with Crippen LogP contribution in [0.3, 0.4) is 0 Å². The maximum absolute atomic E-state index is 8.67. The fourth-order valence-corrected chi connectivity index (χ4v) is 0.464. The Hall–Kier alpha value is -1.55. The van der Waals surface area contributed by atoms with Gasteiger partial charge in [-0.25, -0.2) is 0 Å². The summed E-state index contributed by atoms with van der Waals surface area (Å²) in [6.45, 7) is 2.00. The van der Waals surface area contributed by atoms with E-state index in [1.165, 1.54) is 12.1 Å². The highest BCUT2D eigenvalue weighted by Gasteiger charge is 1.90. The van der Waals surface area contributed by atoms with Gasteiger partial charge in [-0.3, -0.25) is 0 Å². The van der Waals surface area contributed by atoms with Crippen LogP contribution in [-0.4, -0.2) is 22.5 Å². The molecule has 0 bridgehead atoms. The molecule has 0 atom stereocenters. The summed E-state index contributed by atoms with van der Waals surface area (Å²) < 4.78 is 0. The lowest BCUT2D eigenvalue weighted by atomic mass is 10.3. The smallest absolute Gasteiger partial charge is 0.157 e. The number of hydrogen-bond acceptors (Lipinski definition) is 3. The van der Waals surface area contributed by atoms with Crippen molar-refractivity contribution in [3.8, 4) is 11.5 Å². The van der Waals surface area contributed by atoms with E-state index in [0.29, 0.717) is 0 Å². The first kappa shape index (κ1) is 12.2. The zero-order valence-corrected chi connectivity index (χ0v) is 5.82. The van der Waals surface area contributed by atoms with Crippen LogP contribution in [0.25, 0.3) is 0 Å². The van der Waals surface area contributed by atoms with Gasteiger partial charge < -0.3 is 20.5 Å². The van der Waals surface area contributed by atoms with E-state index >= 15 is 0 Å². The summed E-state index contributed by atoms with van der Waals surface area (Å²) in [5.41, 5.74) is 0. The molecule has 1 aromatic rings. The summed E-state index contributed by atoms with van der Waals surface area (Å²) in [6.07, 6.45) is 0. The van der Waals surface area contributed by atoms with E-state index in [2.05, 4.69) is 0 Å². The molecule has 4 nitrogen and oxygen atoms in total. The normalized spacial score (nSPS) is 6.91. The van der Waals surface area contributed by atoms with Crippen molar-refractivity contribution in [2.45, 2.75) is 0 Å². The second-order valence-electron chi connectivity index (χ2n) is 1.49. The molecule has 1 rings (SSSR count). The van der Waals surface area contributed by atoms with Crippen molar-refractivity contribution in [2.24, 2.45) is 0 Å². The summed E-state index contributed by atoms with van der Waals surface area (Å²) in [5, 5.41) is 17.3. The lowest BCUT2D eigenvalue weighted by molar-refractivity contribution is -0.0979. The third-order valence-electron chi connectivity index (χ3n) is 0.882. The van der Waals surface area contributed by atoms with Crippen molar-refractivity contribution in [3.63, 3.8) is 0 Å². The second-order valence-corrected chi connectivity index (χ2v) is 1.49. The van der Waals surface area contributed by atoms with Crippen molar-refractivity contribution in [3.05, 3.63) is 24.3 Å². The predicted molar refractivity (Wildman–Crippen MR) is 40.5 cm³/mol. The lowest BCUT2D eigenvalue weighted by Crippen LogP contribution is -1.63. The summed E-state index contributed by atoms with van der Waals surface area (Å²) in [6, 6.07) is 6.15. The molecular formula is C7H10O4. The molecule has 0 heterocycles. The Balaban J connectivity index is 0. The van der Waals surface area contributed by atoms with Gasteiger partial charge in [-0.2, -0.15) is 0 Å². The number of aromatic hydroxyl groups is 2. The van der Waals surface area contributed by atoms with E-state index in [0.717, 1.165) is 0 Å². The summed E-state index contributed by atoms with van der Waals surface area (Å²) in [5.74, 6) is -0.153. The van der Waals surface area contributed by atoms with Crippen LogP contribution in [0.4, 0.5) is 0 Å². The second kappa shape index (κ2) is 6.57. The number of phenolic OH excluding ortho intramolecular Hbond substituents is 2. The fraction of sp³-hybridized carbons (Fsp3) is 0. The van der Waals surface area contributed by atoms with Crippen molar-refractivity contribution in [1.82, 2.24) is 0 Å². The van der Waals surface area contributed by atoms with Crippen LogP contribution in [0.5, 0.6) is 11.5 Å². The molecular weight excluding hydrogens is 148 g/mol. The van der Waals surface area contributed by atoms with Crippen LogP contribution in [0.2, 0.25) is 0 Å². The van der Waals surface area contributed by atoms with E-state index in [1.807, 2.05) is 6.79 Å². The Morgan fingerprint density at radius 1 is 1.00 bits per heavy atom. The highest BCUT2D eigenvalue weighted by Crippen LogP contribution is 2.21. The zero-order chi connectivity index (χ0) is 7.98. The van der Waals surface area contributed by atoms with Crippen molar-refractivity contribution < 1.29 is 20.5 Å². The first-order valence-electron chi connectivity index (χ1n) is 2.56. The fourth-order valence-electron chi connectivity index (χ4n) is 0.464. The molecule has 62 valence electrons. The molecule has 0 aliphatic heterocycles. The maximum Gasteiger partial charge on any atom is 0.157 e. The average Bonchev–Trinajstić information content (AvgIpc) is 2.00. The highest BCUT2D eigenvalue weighted by atomic mass is 16.3. The molecule has 0 radical (unpaired) electrons. The first-order chi connectivity index (χ1) is 4.80. The van der Waals surface area contributed by atoms with E-state index in [9.17, 15) is 0 Å². The molecule has 11 heavy (non-hydrogen) atoms. The van der Waals surface area contributed by atoms with Gasteiger partial charge in [0.15, 0.2) is 11.5 Å². The number of para-hydroxylation sites is 2. The molecule has 0 unspecified atom stereocenters. The summed E-state index contributed by atoms with van der Waals surface area (Å²) >= 11 is 0. The molecule has 0 saturated carbocycles. The minimum atomic E-state index is -0.0764. The minimum absolute atomic E-state index is 0. The summed E-state index contributed by atoms with van der Waals surface area (Å²) in [7, 11) is 0. The Kier molecular flexibility index (Phi) is 7.26. The topological polar surface area (TPSA) is 89.0 Å². The molecule has 0 aliphatic rings. The van der Waals surface area contributed by atoms with E-state index < -0.39 is 0 Å². The monoisotopic (exact) mass is 158 g/mol. The standard InChI is InChI=1S/C6H6O2.CH2O.H2O/c7-5-3-1-2-4-6(5)8;1-2;/h1-4,7-8H;1H2;1H2. The molecule has 0 amide bonds. The number of phenols is 2. The van der Waals surface area contributed by atoms with Crippen LogP contribution in [0.1, 0.15) is 0 Å². The van der Waals surface area contributed by atoms with Gasteiger partial charge in [0.1, 0.15) is 6.79 Å². The van der Waals surface area contributed by atoms with Gasteiger partial charge in [-0.1, -0.05) is 12.1 Å². The third kappa shape index (κ3) is 3.94. The van der Waals surface area contributed by atoms with Crippen molar-refractivity contribution in [1.29, 1.82) is 0 Å². The number of rotatable bonds is 0. The van der Waals surface area contributed by atoms with Crippen molar-refractivity contribution in [2.75, 3.05) is 0 Å². The van der Waals surface area contributed by atoms with Gasteiger partial charge in [0.2, 0.25) is 0 Å². The van der Waals surface area contributed by atoms with Crippen LogP contribution in [0, 0.1) is 0 Å². The molecule has 0 aliphatic carbocycles. The quantitative estimate of drug-likeness (QED) is 0.524. The van der Waals surface area contributed by atoms with Gasteiger partial charge in [-0.15, -0.1) is 0 Å². The van der Waals surface area contributed by atoms with Crippen LogP contribution in [0.15, 0.2) is 24.3 Å². The van der Waals surface area contributed by atoms with Crippen LogP contribution < -0.4 is 0 Å². The Labute approximate surface area is 64.0 Å². The molecule has 0 fully saturated rings. The number of carbonyl (C=O) groups excluding carboxylic acids is 1. The average molecular weight is 158 g/mol. The van der Waals surface area contributed by atoms with Gasteiger partial charge >= 0.3 is 0 Å².